The van der Waals surface area contributed by atoms with Crippen LogP contribution in [0.5, 0.6) is 0 Å². The van der Waals surface area contributed by atoms with Crippen molar-refractivity contribution in [2.75, 3.05) is 7.11 Å². The van der Waals surface area contributed by atoms with E-state index >= 15 is 0 Å². The number of hydrogen-bond donors (Lipinski definition) is 0. The number of ether oxygens (including phenoxy) is 1. The summed E-state index contributed by atoms with van der Waals surface area (Å²) in [5, 5.41) is 0. The minimum absolute atomic E-state index is 0.725. The van der Waals surface area contributed by atoms with Gasteiger partial charge in [-0.2, -0.15) is 0 Å². The third-order valence-corrected chi connectivity index (χ3v) is 6.66. The number of hydrogen-bond acceptors (Lipinski definition) is 1. The van der Waals surface area contributed by atoms with Crippen LogP contribution in [0.2, 0.25) is 0 Å². The van der Waals surface area contributed by atoms with Crippen LogP contribution < -0.4 is 0 Å². The van der Waals surface area contributed by atoms with E-state index in [9.17, 15) is 0 Å². The Morgan fingerprint density at radius 3 is 2.04 bits per heavy atom. The molecule has 0 heterocycles. The zero-order valence-electron chi connectivity index (χ0n) is 16.3. The monoisotopic (exact) mass is 340 g/mol. The van der Waals surface area contributed by atoms with Crippen LogP contribution in [0.1, 0.15) is 81.8 Å². The summed E-state index contributed by atoms with van der Waals surface area (Å²) in [6.07, 6.45) is 17.5. The van der Waals surface area contributed by atoms with Gasteiger partial charge >= 0.3 is 0 Å². The minimum Gasteiger partial charge on any atom is -0.380 e. The van der Waals surface area contributed by atoms with Crippen molar-refractivity contribution < 1.29 is 4.74 Å². The number of benzene rings is 1. The molecule has 0 bridgehead atoms. The Morgan fingerprint density at radius 1 is 0.880 bits per heavy atom. The first-order valence-electron chi connectivity index (χ1n) is 10.5. The summed E-state index contributed by atoms with van der Waals surface area (Å²) in [5.74, 6) is 3.67. The van der Waals surface area contributed by atoms with Crippen molar-refractivity contribution in [3.63, 3.8) is 0 Å². The maximum Gasteiger partial charge on any atom is 0.0713 e. The molecule has 0 spiro atoms. The molecule has 3 rings (SSSR count). The highest BCUT2D eigenvalue weighted by molar-refractivity contribution is 5.25. The lowest BCUT2D eigenvalue weighted by molar-refractivity contribution is 0.171. The van der Waals surface area contributed by atoms with Crippen LogP contribution in [0, 0.1) is 17.8 Å². The van der Waals surface area contributed by atoms with Crippen molar-refractivity contribution >= 4 is 0 Å². The summed E-state index contributed by atoms with van der Waals surface area (Å²) in [7, 11) is 1.77. The van der Waals surface area contributed by atoms with E-state index in [1.54, 1.807) is 12.7 Å². The van der Waals surface area contributed by atoms with Gasteiger partial charge in [-0.05, 0) is 92.6 Å². The van der Waals surface area contributed by atoms with E-state index < -0.39 is 0 Å². The maximum atomic E-state index is 5.22. The Kier molecular flexibility index (Phi) is 7.16. The predicted molar refractivity (Wildman–Crippen MR) is 107 cm³/mol. The van der Waals surface area contributed by atoms with Crippen LogP contribution in [-0.2, 0) is 11.3 Å². The van der Waals surface area contributed by atoms with Crippen LogP contribution in [-0.4, -0.2) is 7.11 Å². The van der Waals surface area contributed by atoms with Crippen molar-refractivity contribution in [2.45, 2.75) is 77.2 Å². The lowest BCUT2D eigenvalue weighted by Gasteiger charge is -2.37. The molecule has 0 N–H and O–H groups in total. The normalized spacial score (nSPS) is 30.6. The van der Waals surface area contributed by atoms with Gasteiger partial charge in [0.1, 0.15) is 0 Å². The van der Waals surface area contributed by atoms with Crippen LogP contribution >= 0.6 is 0 Å². The Hall–Kier alpha value is -1.08. The summed E-state index contributed by atoms with van der Waals surface area (Å²) < 4.78 is 5.22. The molecule has 1 aromatic carbocycles. The van der Waals surface area contributed by atoms with Crippen LogP contribution in [0.3, 0.4) is 0 Å². The van der Waals surface area contributed by atoms with E-state index in [1.807, 2.05) is 0 Å². The summed E-state index contributed by atoms with van der Waals surface area (Å²) >= 11 is 0. The molecule has 25 heavy (non-hydrogen) atoms. The molecule has 0 amide bonds. The second-order valence-electron chi connectivity index (χ2n) is 8.30. The van der Waals surface area contributed by atoms with E-state index in [-0.39, 0.29) is 0 Å². The summed E-state index contributed by atoms with van der Waals surface area (Å²) in [6.45, 7) is 2.97. The molecule has 2 aliphatic rings. The second-order valence-corrected chi connectivity index (χ2v) is 8.30. The number of allylic oxidation sites excluding steroid dienone is 2. The Balaban J connectivity index is 1.45. The van der Waals surface area contributed by atoms with E-state index in [4.69, 9.17) is 4.74 Å². The highest BCUT2D eigenvalue weighted by Gasteiger charge is 2.30. The van der Waals surface area contributed by atoms with Gasteiger partial charge in [0.25, 0.3) is 0 Å². The van der Waals surface area contributed by atoms with Gasteiger partial charge in [-0.1, -0.05) is 43.3 Å². The second kappa shape index (κ2) is 9.57. The van der Waals surface area contributed by atoms with Crippen molar-refractivity contribution in [1.82, 2.24) is 0 Å². The molecular weight excluding hydrogens is 304 g/mol. The molecule has 0 aliphatic heterocycles. The lowest BCUT2D eigenvalue weighted by Crippen LogP contribution is -2.25. The van der Waals surface area contributed by atoms with Gasteiger partial charge in [0.05, 0.1) is 6.61 Å². The molecule has 0 aromatic heterocycles. The molecule has 2 saturated carbocycles. The van der Waals surface area contributed by atoms with Crippen LogP contribution in [0.15, 0.2) is 36.4 Å². The van der Waals surface area contributed by atoms with E-state index in [1.165, 1.54) is 63.4 Å². The SMILES string of the molecule is CCC=CC1CCC(C2CCC(c3ccc(COC)cc3)CC2)CC1. The standard InChI is InChI=1S/C24H36O/c1-3-4-5-19-6-10-21(11-7-19)23-14-16-24(17-15-23)22-12-8-20(9-13-22)18-25-2/h4-5,8-9,12-13,19,21,23-24H,3,6-7,10-11,14-18H2,1-2H3. The molecule has 138 valence electrons. The van der Waals surface area contributed by atoms with Gasteiger partial charge in [-0.3, -0.25) is 0 Å². The fourth-order valence-electron chi connectivity index (χ4n) is 5.11. The molecular formula is C24H36O. The van der Waals surface area contributed by atoms with Crippen molar-refractivity contribution in [3.8, 4) is 0 Å². The first kappa shape index (κ1) is 18.7. The number of rotatable bonds is 6. The number of methoxy groups -OCH3 is 1. The molecule has 1 aromatic rings. The molecule has 2 fully saturated rings. The third-order valence-electron chi connectivity index (χ3n) is 6.66. The predicted octanol–water partition coefficient (Wildman–Crippen LogP) is 6.88. The molecule has 1 heteroatoms. The van der Waals surface area contributed by atoms with Crippen molar-refractivity contribution in [2.24, 2.45) is 17.8 Å². The molecule has 0 unspecified atom stereocenters. The minimum atomic E-state index is 0.725. The first-order valence-corrected chi connectivity index (χ1v) is 10.5. The fourth-order valence-corrected chi connectivity index (χ4v) is 5.11. The zero-order chi connectivity index (χ0) is 17.5. The van der Waals surface area contributed by atoms with E-state index in [0.717, 1.165) is 30.3 Å². The molecule has 0 saturated heterocycles. The van der Waals surface area contributed by atoms with Crippen LogP contribution in [0.4, 0.5) is 0 Å². The van der Waals surface area contributed by atoms with Gasteiger partial charge in [-0.15, -0.1) is 0 Å². The molecule has 2 aliphatic carbocycles. The Labute approximate surface area is 154 Å². The lowest BCUT2D eigenvalue weighted by atomic mass is 9.68. The molecule has 1 nitrogen and oxygen atoms in total. The summed E-state index contributed by atoms with van der Waals surface area (Å²) in [4.78, 5) is 0. The average Bonchev–Trinajstić information content (AvgIpc) is 2.68. The van der Waals surface area contributed by atoms with Gasteiger partial charge in [0, 0.05) is 7.11 Å². The summed E-state index contributed by atoms with van der Waals surface area (Å²) in [6, 6.07) is 9.17. The Morgan fingerprint density at radius 2 is 1.48 bits per heavy atom. The smallest absolute Gasteiger partial charge is 0.0713 e. The van der Waals surface area contributed by atoms with Crippen molar-refractivity contribution in [1.29, 1.82) is 0 Å². The zero-order valence-corrected chi connectivity index (χ0v) is 16.3. The fraction of sp³-hybridized carbons (Fsp3) is 0.667. The average molecular weight is 341 g/mol. The first-order chi connectivity index (χ1) is 12.3. The van der Waals surface area contributed by atoms with Gasteiger partial charge in [0.15, 0.2) is 0 Å². The molecule has 0 radical (unpaired) electrons. The topological polar surface area (TPSA) is 9.23 Å². The van der Waals surface area contributed by atoms with E-state index in [0.29, 0.717) is 0 Å². The highest BCUT2D eigenvalue weighted by Crippen LogP contribution is 2.44. The van der Waals surface area contributed by atoms with Crippen molar-refractivity contribution in [3.05, 3.63) is 47.5 Å². The van der Waals surface area contributed by atoms with Gasteiger partial charge < -0.3 is 4.74 Å². The quantitative estimate of drug-likeness (QED) is 0.513. The summed E-state index contributed by atoms with van der Waals surface area (Å²) in [5.41, 5.74) is 2.83. The maximum absolute atomic E-state index is 5.22. The largest absolute Gasteiger partial charge is 0.380 e. The van der Waals surface area contributed by atoms with E-state index in [2.05, 4.69) is 43.3 Å². The van der Waals surface area contributed by atoms with Crippen LogP contribution in [0.25, 0.3) is 0 Å². The van der Waals surface area contributed by atoms with Gasteiger partial charge in [0.2, 0.25) is 0 Å². The highest BCUT2D eigenvalue weighted by atomic mass is 16.5. The Bertz CT molecular complexity index is 514. The molecule has 0 atom stereocenters. The third kappa shape index (κ3) is 5.20. The van der Waals surface area contributed by atoms with Gasteiger partial charge in [-0.25, -0.2) is 0 Å².